The first-order valence-corrected chi connectivity index (χ1v) is 3.37. The third-order valence-electron chi connectivity index (χ3n) is 1.22. The highest BCUT2D eigenvalue weighted by atomic mass is 16.3. The Hall–Kier alpha value is -1.55. The summed E-state index contributed by atoms with van der Waals surface area (Å²) in [4.78, 5) is 8.36. The van der Waals surface area contributed by atoms with Crippen LogP contribution in [0.3, 0.4) is 0 Å². The van der Waals surface area contributed by atoms with E-state index < -0.39 is 0 Å². The van der Waals surface area contributed by atoms with E-state index in [0.717, 1.165) is 11.3 Å². The Bertz CT molecular complexity index is 221. The maximum absolute atomic E-state index is 8.36. The van der Waals surface area contributed by atoms with Crippen molar-refractivity contribution < 1.29 is 9.90 Å². The van der Waals surface area contributed by atoms with Crippen LogP contribution in [0.4, 0.5) is 5.69 Å². The molecule has 4 heteroatoms. The molecule has 12 heavy (non-hydrogen) atoms. The summed E-state index contributed by atoms with van der Waals surface area (Å²) in [5.41, 5.74) is 12.7. The van der Waals surface area contributed by atoms with Crippen LogP contribution in [0.15, 0.2) is 24.3 Å². The maximum atomic E-state index is 8.36. The van der Waals surface area contributed by atoms with Gasteiger partial charge in [-0.15, -0.1) is 0 Å². The van der Waals surface area contributed by atoms with Crippen LogP contribution in [0.25, 0.3) is 0 Å². The van der Waals surface area contributed by atoms with Gasteiger partial charge in [-0.05, 0) is 17.7 Å². The van der Waals surface area contributed by atoms with Gasteiger partial charge in [0, 0.05) is 12.2 Å². The van der Waals surface area contributed by atoms with Crippen molar-refractivity contribution >= 4 is 12.2 Å². The molecule has 0 aliphatic heterocycles. The van der Waals surface area contributed by atoms with Crippen LogP contribution in [0, 0.1) is 0 Å². The zero-order valence-corrected chi connectivity index (χ0v) is 6.60. The number of hydrogen-bond donors (Lipinski definition) is 3. The molecule has 5 N–H and O–H groups in total. The summed E-state index contributed by atoms with van der Waals surface area (Å²) in [6.07, 6.45) is 0. The normalized spacial score (nSPS) is 8.08. The molecule has 0 saturated carbocycles. The number of carboxylic acid groups (broad SMARTS) is 1. The first-order valence-electron chi connectivity index (χ1n) is 3.37. The Labute approximate surface area is 70.8 Å². The van der Waals surface area contributed by atoms with Gasteiger partial charge in [0.2, 0.25) is 0 Å². The molecule has 0 heterocycles. The second-order valence-electron chi connectivity index (χ2n) is 2.05. The predicted octanol–water partition coefficient (Wildman–Crippen LogP) is 0.428. The Morgan fingerprint density at radius 1 is 1.33 bits per heavy atom. The lowest BCUT2D eigenvalue weighted by molar-refractivity contribution is -0.122. The number of nitrogens with two attached hydrogens (primary N) is 2. The lowest BCUT2D eigenvalue weighted by atomic mass is 10.2. The number of rotatable bonds is 1. The molecule has 1 rings (SSSR count). The van der Waals surface area contributed by atoms with Crippen molar-refractivity contribution in [3.8, 4) is 0 Å². The van der Waals surface area contributed by atoms with Gasteiger partial charge in [-0.3, -0.25) is 4.79 Å². The molecule has 66 valence electrons. The van der Waals surface area contributed by atoms with E-state index in [1.165, 1.54) is 0 Å². The molecule has 0 aromatic heterocycles. The lowest BCUT2D eigenvalue weighted by Crippen LogP contribution is -1.95. The van der Waals surface area contributed by atoms with Gasteiger partial charge in [0.25, 0.3) is 6.47 Å². The molecule has 0 radical (unpaired) electrons. The average molecular weight is 168 g/mol. The van der Waals surface area contributed by atoms with Crippen LogP contribution >= 0.6 is 0 Å². The SMILES string of the molecule is NCc1ccc(N)cc1.O=CO. The fraction of sp³-hybridized carbons (Fsp3) is 0.125. The van der Waals surface area contributed by atoms with Crippen LogP contribution in [0.5, 0.6) is 0 Å². The van der Waals surface area contributed by atoms with Crippen LogP contribution in [0.2, 0.25) is 0 Å². The molecule has 0 bridgehead atoms. The fourth-order valence-corrected chi connectivity index (χ4v) is 0.654. The highest BCUT2D eigenvalue weighted by molar-refractivity contribution is 5.39. The van der Waals surface area contributed by atoms with Gasteiger partial charge < -0.3 is 16.6 Å². The summed E-state index contributed by atoms with van der Waals surface area (Å²) < 4.78 is 0. The second kappa shape index (κ2) is 6.18. The van der Waals surface area contributed by atoms with Crippen molar-refractivity contribution in [2.75, 3.05) is 5.73 Å². The molecular formula is C8H12N2O2. The van der Waals surface area contributed by atoms with Crippen LogP contribution < -0.4 is 11.5 Å². The smallest absolute Gasteiger partial charge is 0.290 e. The van der Waals surface area contributed by atoms with Crippen molar-refractivity contribution in [2.45, 2.75) is 6.54 Å². The minimum absolute atomic E-state index is 0.250. The summed E-state index contributed by atoms with van der Waals surface area (Å²) in [7, 11) is 0. The van der Waals surface area contributed by atoms with Crippen molar-refractivity contribution in [2.24, 2.45) is 5.73 Å². The number of anilines is 1. The maximum Gasteiger partial charge on any atom is 0.290 e. The summed E-state index contributed by atoms with van der Waals surface area (Å²) in [5, 5.41) is 6.89. The molecule has 0 amide bonds. The summed E-state index contributed by atoms with van der Waals surface area (Å²) in [6.45, 7) is 0.334. The molecule has 0 atom stereocenters. The molecule has 4 nitrogen and oxygen atoms in total. The largest absolute Gasteiger partial charge is 0.483 e. The minimum atomic E-state index is -0.250. The Kier molecular flexibility index (Phi) is 5.38. The van der Waals surface area contributed by atoms with E-state index in [2.05, 4.69) is 0 Å². The van der Waals surface area contributed by atoms with Gasteiger partial charge in [-0.2, -0.15) is 0 Å². The topological polar surface area (TPSA) is 89.3 Å². The Morgan fingerprint density at radius 3 is 2.08 bits per heavy atom. The van der Waals surface area contributed by atoms with Crippen LogP contribution in [-0.2, 0) is 11.3 Å². The number of hydrogen-bond acceptors (Lipinski definition) is 3. The number of nitrogen functional groups attached to an aromatic ring is 1. The van der Waals surface area contributed by atoms with Gasteiger partial charge in [0.1, 0.15) is 0 Å². The summed E-state index contributed by atoms with van der Waals surface area (Å²) in [6, 6.07) is 7.55. The van der Waals surface area contributed by atoms with Gasteiger partial charge in [0.15, 0.2) is 0 Å². The molecule has 1 aromatic carbocycles. The lowest BCUT2D eigenvalue weighted by Gasteiger charge is -1.94. The van der Waals surface area contributed by atoms with Crippen LogP contribution in [-0.4, -0.2) is 11.6 Å². The van der Waals surface area contributed by atoms with Gasteiger partial charge >= 0.3 is 0 Å². The molecule has 0 aliphatic carbocycles. The Morgan fingerprint density at radius 2 is 1.75 bits per heavy atom. The number of carbonyl (C=O) groups is 1. The highest BCUT2D eigenvalue weighted by Gasteiger charge is 1.85. The molecule has 1 aromatic rings. The monoisotopic (exact) mass is 168 g/mol. The zero-order chi connectivity index (χ0) is 9.40. The van der Waals surface area contributed by atoms with E-state index in [9.17, 15) is 0 Å². The highest BCUT2D eigenvalue weighted by Crippen LogP contribution is 2.03. The quantitative estimate of drug-likeness (QED) is 0.419. The molecule has 0 aliphatic rings. The molecule has 0 unspecified atom stereocenters. The zero-order valence-electron chi connectivity index (χ0n) is 6.60. The molecule has 0 fully saturated rings. The van der Waals surface area contributed by atoms with Gasteiger partial charge in [0.05, 0.1) is 0 Å². The molecular weight excluding hydrogens is 156 g/mol. The summed E-state index contributed by atoms with van der Waals surface area (Å²) in [5.74, 6) is 0. The van der Waals surface area contributed by atoms with E-state index >= 15 is 0 Å². The Balaban J connectivity index is 0.000000354. The standard InChI is InChI=1S/C7H10N2.CH2O2/c8-5-6-1-3-7(9)4-2-6;2-1-3/h1-4H,5,8-9H2;1H,(H,2,3). The third-order valence-corrected chi connectivity index (χ3v) is 1.22. The van der Waals surface area contributed by atoms with E-state index in [1.807, 2.05) is 24.3 Å². The van der Waals surface area contributed by atoms with E-state index in [1.54, 1.807) is 0 Å². The predicted molar refractivity (Wildman–Crippen MR) is 47.4 cm³/mol. The van der Waals surface area contributed by atoms with Crippen molar-refractivity contribution in [1.82, 2.24) is 0 Å². The van der Waals surface area contributed by atoms with Crippen molar-refractivity contribution in [3.05, 3.63) is 29.8 Å². The van der Waals surface area contributed by atoms with Gasteiger partial charge in [-0.1, -0.05) is 12.1 Å². The molecule has 0 spiro atoms. The first-order chi connectivity index (χ1) is 5.74. The third kappa shape index (κ3) is 4.29. The van der Waals surface area contributed by atoms with E-state index in [-0.39, 0.29) is 6.47 Å². The average Bonchev–Trinajstić information content (AvgIpc) is 2.07. The minimum Gasteiger partial charge on any atom is -0.483 e. The first kappa shape index (κ1) is 10.4. The summed E-state index contributed by atoms with van der Waals surface area (Å²) >= 11 is 0. The van der Waals surface area contributed by atoms with E-state index in [0.29, 0.717) is 6.54 Å². The fourth-order valence-electron chi connectivity index (χ4n) is 0.654. The molecule has 0 saturated heterocycles. The van der Waals surface area contributed by atoms with Crippen molar-refractivity contribution in [1.29, 1.82) is 0 Å². The van der Waals surface area contributed by atoms with Gasteiger partial charge in [-0.25, -0.2) is 0 Å². The van der Waals surface area contributed by atoms with E-state index in [4.69, 9.17) is 21.4 Å². The second-order valence-corrected chi connectivity index (χ2v) is 2.05. The van der Waals surface area contributed by atoms with Crippen LogP contribution in [0.1, 0.15) is 5.56 Å². The van der Waals surface area contributed by atoms with Crippen molar-refractivity contribution in [3.63, 3.8) is 0 Å². The number of benzene rings is 1.